The molecule has 2 heterocycles. The molecule has 3 aromatic rings. The lowest BCUT2D eigenvalue weighted by atomic mass is 10.1. The van der Waals surface area contributed by atoms with Crippen LogP contribution in [0.5, 0.6) is 11.5 Å². The van der Waals surface area contributed by atoms with Crippen molar-refractivity contribution in [1.82, 2.24) is 4.98 Å². The lowest BCUT2D eigenvalue weighted by Gasteiger charge is -2.18. The van der Waals surface area contributed by atoms with E-state index in [0.29, 0.717) is 35.3 Å². The molecule has 1 aliphatic heterocycles. The van der Waals surface area contributed by atoms with E-state index in [1.165, 1.54) is 16.9 Å². The van der Waals surface area contributed by atoms with Crippen LogP contribution in [0.25, 0.3) is 0 Å². The van der Waals surface area contributed by atoms with Crippen LogP contribution in [-0.2, 0) is 12.8 Å². The summed E-state index contributed by atoms with van der Waals surface area (Å²) in [7, 11) is 0. The van der Waals surface area contributed by atoms with Gasteiger partial charge in [-0.05, 0) is 31.0 Å². The quantitative estimate of drug-likeness (QED) is 0.718. The van der Waals surface area contributed by atoms with E-state index < -0.39 is 0 Å². The molecule has 27 heavy (non-hydrogen) atoms. The molecule has 2 aromatic carbocycles. The number of hydrogen-bond donors (Lipinski definition) is 1. The van der Waals surface area contributed by atoms with Crippen molar-refractivity contribution in [2.75, 3.05) is 18.5 Å². The number of anilines is 1. The molecular weight excluding hydrogens is 360 g/mol. The predicted octanol–water partition coefficient (Wildman–Crippen LogP) is 4.26. The van der Waals surface area contributed by atoms with E-state index in [9.17, 15) is 4.79 Å². The maximum Gasteiger partial charge on any atom is 0.267 e. The van der Waals surface area contributed by atoms with Crippen LogP contribution in [0.4, 0.5) is 5.69 Å². The Kier molecular flexibility index (Phi) is 5.07. The highest BCUT2D eigenvalue weighted by atomic mass is 32.1. The van der Waals surface area contributed by atoms with Crippen molar-refractivity contribution in [3.8, 4) is 11.5 Å². The van der Waals surface area contributed by atoms with Crippen LogP contribution in [0.2, 0.25) is 0 Å². The van der Waals surface area contributed by atoms with E-state index in [0.717, 1.165) is 23.5 Å². The van der Waals surface area contributed by atoms with Gasteiger partial charge in [0.2, 0.25) is 0 Å². The zero-order valence-corrected chi connectivity index (χ0v) is 15.8. The monoisotopic (exact) mass is 380 g/mol. The van der Waals surface area contributed by atoms with Crippen molar-refractivity contribution in [3.05, 3.63) is 69.7 Å². The number of amides is 1. The van der Waals surface area contributed by atoms with Gasteiger partial charge in [-0.25, -0.2) is 4.98 Å². The Morgan fingerprint density at radius 2 is 1.85 bits per heavy atom. The van der Waals surface area contributed by atoms with Crippen molar-refractivity contribution in [2.45, 2.75) is 19.8 Å². The van der Waals surface area contributed by atoms with Gasteiger partial charge in [0, 0.05) is 18.2 Å². The maximum absolute atomic E-state index is 12.7. The summed E-state index contributed by atoms with van der Waals surface area (Å²) in [5.74, 6) is 1.22. The summed E-state index contributed by atoms with van der Waals surface area (Å²) in [5, 5.41) is 3.91. The Balaban J connectivity index is 1.43. The molecule has 0 unspecified atom stereocenters. The third kappa shape index (κ3) is 4.11. The SMILES string of the molecule is Cc1nc(CCc2ccccc2)sc1C(=O)Nc1ccc2c(c1)OCCO2. The van der Waals surface area contributed by atoms with Gasteiger partial charge in [-0.2, -0.15) is 0 Å². The number of hydrogen-bond acceptors (Lipinski definition) is 5. The van der Waals surface area contributed by atoms with Crippen LogP contribution in [0.1, 0.15) is 25.9 Å². The zero-order valence-electron chi connectivity index (χ0n) is 15.0. The largest absolute Gasteiger partial charge is 0.486 e. The molecule has 5 nitrogen and oxygen atoms in total. The van der Waals surface area contributed by atoms with Gasteiger partial charge in [0.15, 0.2) is 11.5 Å². The van der Waals surface area contributed by atoms with Crippen molar-refractivity contribution in [3.63, 3.8) is 0 Å². The fourth-order valence-electron chi connectivity index (χ4n) is 2.97. The Morgan fingerprint density at radius 3 is 2.67 bits per heavy atom. The molecular formula is C21H20N2O3S. The molecule has 1 amide bonds. The fraction of sp³-hybridized carbons (Fsp3) is 0.238. The molecule has 0 aliphatic carbocycles. The molecule has 0 saturated carbocycles. The lowest BCUT2D eigenvalue weighted by Crippen LogP contribution is -2.16. The number of fused-ring (bicyclic) bond motifs is 1. The van der Waals surface area contributed by atoms with E-state index in [4.69, 9.17) is 9.47 Å². The van der Waals surface area contributed by atoms with Gasteiger partial charge in [-0.15, -0.1) is 11.3 Å². The van der Waals surface area contributed by atoms with Crippen LogP contribution >= 0.6 is 11.3 Å². The number of benzene rings is 2. The average Bonchev–Trinajstić information content (AvgIpc) is 3.08. The minimum Gasteiger partial charge on any atom is -0.486 e. The molecule has 138 valence electrons. The summed E-state index contributed by atoms with van der Waals surface area (Å²) < 4.78 is 11.1. The van der Waals surface area contributed by atoms with E-state index in [1.54, 1.807) is 6.07 Å². The number of aryl methyl sites for hydroxylation is 3. The molecule has 0 atom stereocenters. The zero-order chi connectivity index (χ0) is 18.6. The average molecular weight is 380 g/mol. The maximum atomic E-state index is 12.7. The number of carbonyl (C=O) groups excluding carboxylic acids is 1. The summed E-state index contributed by atoms with van der Waals surface area (Å²) in [6.07, 6.45) is 1.74. The molecule has 0 saturated heterocycles. The molecule has 1 aromatic heterocycles. The number of nitrogens with zero attached hydrogens (tertiary/aromatic N) is 1. The Hall–Kier alpha value is -2.86. The number of nitrogens with one attached hydrogen (secondary N) is 1. The van der Waals surface area contributed by atoms with Crippen LogP contribution < -0.4 is 14.8 Å². The second-order valence-corrected chi connectivity index (χ2v) is 7.40. The number of carbonyl (C=O) groups is 1. The minimum absolute atomic E-state index is 0.146. The van der Waals surface area contributed by atoms with Gasteiger partial charge < -0.3 is 14.8 Å². The Labute approximate surface area is 162 Å². The first kappa shape index (κ1) is 17.5. The number of rotatable bonds is 5. The van der Waals surface area contributed by atoms with Gasteiger partial charge in [0.1, 0.15) is 18.1 Å². The van der Waals surface area contributed by atoms with E-state index in [-0.39, 0.29) is 5.91 Å². The first-order valence-electron chi connectivity index (χ1n) is 8.90. The van der Waals surface area contributed by atoms with Gasteiger partial charge >= 0.3 is 0 Å². The van der Waals surface area contributed by atoms with Crippen LogP contribution in [0, 0.1) is 6.92 Å². The molecule has 0 fully saturated rings. The lowest BCUT2D eigenvalue weighted by molar-refractivity contribution is 0.102. The molecule has 0 radical (unpaired) electrons. The highest BCUT2D eigenvalue weighted by Gasteiger charge is 2.17. The summed E-state index contributed by atoms with van der Waals surface area (Å²) in [5.41, 5.74) is 2.72. The second-order valence-electron chi connectivity index (χ2n) is 6.32. The first-order valence-corrected chi connectivity index (χ1v) is 9.72. The minimum atomic E-state index is -0.146. The molecule has 6 heteroatoms. The van der Waals surface area contributed by atoms with Crippen molar-refractivity contribution in [2.24, 2.45) is 0 Å². The Bertz CT molecular complexity index is 953. The van der Waals surface area contributed by atoms with Gasteiger partial charge in [-0.1, -0.05) is 30.3 Å². The molecule has 1 N–H and O–H groups in total. The number of thiazole rings is 1. The third-order valence-corrected chi connectivity index (χ3v) is 5.53. The summed E-state index contributed by atoms with van der Waals surface area (Å²) in [6, 6.07) is 15.7. The fourth-order valence-corrected chi connectivity index (χ4v) is 3.93. The first-order chi connectivity index (χ1) is 13.2. The molecule has 0 spiro atoms. The smallest absolute Gasteiger partial charge is 0.267 e. The van der Waals surface area contributed by atoms with E-state index in [1.807, 2.05) is 37.3 Å². The second kappa shape index (κ2) is 7.80. The summed E-state index contributed by atoms with van der Waals surface area (Å²) >= 11 is 1.46. The normalized spacial score (nSPS) is 12.6. The topological polar surface area (TPSA) is 60.5 Å². The Morgan fingerprint density at radius 1 is 1.07 bits per heavy atom. The highest BCUT2D eigenvalue weighted by Crippen LogP contribution is 2.33. The standard InChI is InChI=1S/C21H20N2O3S/c1-14-20(27-19(22-14)10-7-15-5-3-2-4-6-15)21(24)23-16-8-9-17-18(13-16)26-12-11-25-17/h2-6,8-9,13H,7,10-12H2,1H3,(H,23,24). The summed E-state index contributed by atoms with van der Waals surface area (Å²) in [4.78, 5) is 17.9. The van der Waals surface area contributed by atoms with E-state index >= 15 is 0 Å². The van der Waals surface area contributed by atoms with Crippen molar-refractivity contribution < 1.29 is 14.3 Å². The molecule has 1 aliphatic rings. The molecule has 0 bridgehead atoms. The van der Waals surface area contributed by atoms with Gasteiger partial charge in [-0.3, -0.25) is 4.79 Å². The van der Waals surface area contributed by atoms with Crippen LogP contribution in [0.15, 0.2) is 48.5 Å². The third-order valence-electron chi connectivity index (χ3n) is 4.32. The van der Waals surface area contributed by atoms with Crippen LogP contribution in [-0.4, -0.2) is 24.1 Å². The predicted molar refractivity (Wildman–Crippen MR) is 106 cm³/mol. The molecule has 4 rings (SSSR count). The van der Waals surface area contributed by atoms with Gasteiger partial charge in [0.25, 0.3) is 5.91 Å². The van der Waals surface area contributed by atoms with E-state index in [2.05, 4.69) is 22.4 Å². The van der Waals surface area contributed by atoms with Crippen LogP contribution in [0.3, 0.4) is 0 Å². The van der Waals surface area contributed by atoms with Crippen molar-refractivity contribution in [1.29, 1.82) is 0 Å². The number of aromatic nitrogens is 1. The highest BCUT2D eigenvalue weighted by molar-refractivity contribution is 7.13. The number of ether oxygens (including phenoxy) is 2. The summed E-state index contributed by atoms with van der Waals surface area (Å²) in [6.45, 7) is 2.94. The van der Waals surface area contributed by atoms with Crippen molar-refractivity contribution >= 4 is 22.9 Å². The van der Waals surface area contributed by atoms with Gasteiger partial charge in [0.05, 0.1) is 10.7 Å².